The Morgan fingerprint density at radius 2 is 2.20 bits per heavy atom. The van der Waals surface area contributed by atoms with Crippen molar-refractivity contribution in [1.29, 1.82) is 5.26 Å². The molecule has 0 saturated heterocycles. The maximum Gasteiger partial charge on any atom is 0.312 e. The zero-order chi connectivity index (χ0) is 14.7. The van der Waals surface area contributed by atoms with Crippen LogP contribution in [0.3, 0.4) is 0 Å². The number of nitro benzene ring substituents is 1. The SMILES string of the molecule is N#Cc1ccnc(Oc2ccc(Br)cc2[N+](=O)[O-])c1Cl. The first-order chi connectivity index (χ1) is 9.52. The molecule has 0 radical (unpaired) electrons. The Kier molecular flexibility index (Phi) is 4.17. The number of benzene rings is 1. The third kappa shape index (κ3) is 2.87. The molecule has 0 N–H and O–H groups in total. The average Bonchev–Trinajstić information content (AvgIpc) is 2.42. The third-order valence-electron chi connectivity index (χ3n) is 2.30. The van der Waals surface area contributed by atoms with Crippen molar-refractivity contribution >= 4 is 33.2 Å². The van der Waals surface area contributed by atoms with Crippen LogP contribution in [0, 0.1) is 21.4 Å². The summed E-state index contributed by atoms with van der Waals surface area (Å²) in [5.41, 5.74) is -0.0592. The van der Waals surface area contributed by atoms with Crippen molar-refractivity contribution in [2.75, 3.05) is 0 Å². The van der Waals surface area contributed by atoms with Crippen LogP contribution in [0.25, 0.3) is 0 Å². The lowest BCUT2D eigenvalue weighted by Gasteiger charge is -2.07. The molecular formula is C12H5BrClN3O3. The van der Waals surface area contributed by atoms with Gasteiger partial charge in [0.25, 0.3) is 0 Å². The van der Waals surface area contributed by atoms with Gasteiger partial charge in [-0.25, -0.2) is 4.98 Å². The first-order valence-electron chi connectivity index (χ1n) is 5.19. The number of rotatable bonds is 3. The summed E-state index contributed by atoms with van der Waals surface area (Å²) >= 11 is 9.08. The number of ether oxygens (including phenoxy) is 1. The normalized spacial score (nSPS) is 9.85. The van der Waals surface area contributed by atoms with Crippen LogP contribution in [-0.2, 0) is 0 Å². The number of aromatic nitrogens is 1. The predicted molar refractivity (Wildman–Crippen MR) is 74.8 cm³/mol. The number of halogens is 2. The zero-order valence-corrected chi connectivity index (χ0v) is 12.1. The van der Waals surface area contributed by atoms with Gasteiger partial charge in [0.1, 0.15) is 11.1 Å². The summed E-state index contributed by atoms with van der Waals surface area (Å²) in [7, 11) is 0. The van der Waals surface area contributed by atoms with E-state index >= 15 is 0 Å². The molecule has 0 aliphatic rings. The van der Waals surface area contributed by atoms with E-state index in [2.05, 4.69) is 20.9 Å². The molecule has 1 heterocycles. The summed E-state index contributed by atoms with van der Waals surface area (Å²) in [4.78, 5) is 14.3. The Hall–Kier alpha value is -2.17. The van der Waals surface area contributed by atoms with Crippen LogP contribution in [0.5, 0.6) is 11.6 Å². The quantitative estimate of drug-likeness (QED) is 0.612. The topological polar surface area (TPSA) is 89.0 Å². The Morgan fingerprint density at radius 3 is 2.85 bits per heavy atom. The Morgan fingerprint density at radius 1 is 1.45 bits per heavy atom. The monoisotopic (exact) mass is 353 g/mol. The smallest absolute Gasteiger partial charge is 0.312 e. The summed E-state index contributed by atoms with van der Waals surface area (Å²) in [5, 5.41) is 19.8. The van der Waals surface area contributed by atoms with Crippen LogP contribution < -0.4 is 4.74 Å². The average molecular weight is 355 g/mol. The highest BCUT2D eigenvalue weighted by Crippen LogP contribution is 2.36. The van der Waals surface area contributed by atoms with Crippen molar-refractivity contribution in [3.05, 3.63) is 55.6 Å². The van der Waals surface area contributed by atoms with Crippen LogP contribution in [-0.4, -0.2) is 9.91 Å². The van der Waals surface area contributed by atoms with Crippen molar-refractivity contribution < 1.29 is 9.66 Å². The van der Waals surface area contributed by atoms with Gasteiger partial charge in [-0.05, 0) is 18.2 Å². The number of nitriles is 1. The summed E-state index contributed by atoms with van der Waals surface area (Å²) in [6, 6.07) is 7.60. The molecule has 0 atom stereocenters. The lowest BCUT2D eigenvalue weighted by molar-refractivity contribution is -0.385. The number of hydrogen-bond acceptors (Lipinski definition) is 5. The summed E-state index contributed by atoms with van der Waals surface area (Å²) in [5.74, 6) is -0.0705. The van der Waals surface area contributed by atoms with Crippen molar-refractivity contribution in [3.8, 4) is 17.7 Å². The molecule has 0 unspecified atom stereocenters. The fourth-order valence-electron chi connectivity index (χ4n) is 1.41. The van der Waals surface area contributed by atoms with Crippen LogP contribution in [0.1, 0.15) is 5.56 Å². The fourth-order valence-corrected chi connectivity index (χ4v) is 1.95. The van der Waals surface area contributed by atoms with E-state index in [1.165, 1.54) is 24.4 Å². The highest BCUT2D eigenvalue weighted by molar-refractivity contribution is 9.10. The minimum atomic E-state index is -0.581. The molecule has 2 rings (SSSR count). The zero-order valence-electron chi connectivity index (χ0n) is 9.71. The Labute approximate surface area is 126 Å². The maximum absolute atomic E-state index is 11.0. The molecule has 1 aromatic heterocycles. The van der Waals surface area contributed by atoms with Crippen LogP contribution in [0.15, 0.2) is 34.9 Å². The molecule has 100 valence electrons. The molecule has 20 heavy (non-hydrogen) atoms. The molecule has 2 aromatic rings. The van der Waals surface area contributed by atoms with Gasteiger partial charge >= 0.3 is 5.69 Å². The first kappa shape index (κ1) is 14.2. The van der Waals surface area contributed by atoms with Gasteiger partial charge in [0, 0.05) is 16.7 Å². The van der Waals surface area contributed by atoms with Gasteiger partial charge in [0.2, 0.25) is 11.6 Å². The van der Waals surface area contributed by atoms with Gasteiger partial charge in [-0.2, -0.15) is 5.26 Å². The third-order valence-corrected chi connectivity index (χ3v) is 3.16. The van der Waals surface area contributed by atoms with Crippen molar-refractivity contribution in [2.45, 2.75) is 0 Å². The van der Waals surface area contributed by atoms with Crippen LogP contribution in [0.2, 0.25) is 5.02 Å². The van der Waals surface area contributed by atoms with E-state index in [0.717, 1.165) is 0 Å². The van der Waals surface area contributed by atoms with Gasteiger partial charge in [-0.15, -0.1) is 0 Å². The standard InChI is InChI=1S/C12H5BrClN3O3/c13-8-1-2-10(9(5-8)17(18)19)20-12-11(14)7(6-15)3-4-16-12/h1-5H. The second kappa shape index (κ2) is 5.86. The van der Waals surface area contributed by atoms with E-state index < -0.39 is 4.92 Å². The molecule has 0 aliphatic heterocycles. The second-order valence-electron chi connectivity index (χ2n) is 3.56. The molecular weight excluding hydrogens is 350 g/mol. The van der Waals surface area contributed by atoms with E-state index in [-0.39, 0.29) is 27.9 Å². The molecule has 8 heteroatoms. The van der Waals surface area contributed by atoms with Crippen LogP contribution in [0.4, 0.5) is 5.69 Å². The predicted octanol–water partition coefficient (Wildman–Crippen LogP) is 4.07. The number of pyridine rings is 1. The molecule has 0 aliphatic carbocycles. The summed E-state index contributed by atoms with van der Waals surface area (Å²) < 4.78 is 5.89. The van der Waals surface area contributed by atoms with Crippen LogP contribution >= 0.6 is 27.5 Å². The summed E-state index contributed by atoms with van der Waals surface area (Å²) in [6.45, 7) is 0. The number of nitrogens with zero attached hydrogens (tertiary/aromatic N) is 3. The van der Waals surface area contributed by atoms with Gasteiger partial charge in [-0.3, -0.25) is 10.1 Å². The van der Waals surface area contributed by atoms with Gasteiger partial charge < -0.3 is 4.74 Å². The highest BCUT2D eigenvalue weighted by Gasteiger charge is 2.18. The Balaban J connectivity index is 2.46. The Bertz CT molecular complexity index is 730. The largest absolute Gasteiger partial charge is 0.430 e. The van der Waals surface area contributed by atoms with E-state index in [9.17, 15) is 10.1 Å². The molecule has 0 amide bonds. The maximum atomic E-state index is 11.0. The highest BCUT2D eigenvalue weighted by atomic mass is 79.9. The van der Waals surface area contributed by atoms with Gasteiger partial charge in [0.15, 0.2) is 0 Å². The first-order valence-corrected chi connectivity index (χ1v) is 6.36. The lowest BCUT2D eigenvalue weighted by Crippen LogP contribution is -1.96. The molecule has 6 nitrogen and oxygen atoms in total. The van der Waals surface area contributed by atoms with Gasteiger partial charge in [-0.1, -0.05) is 27.5 Å². The van der Waals surface area contributed by atoms with Crippen molar-refractivity contribution in [2.24, 2.45) is 0 Å². The van der Waals surface area contributed by atoms with Crippen molar-refractivity contribution in [1.82, 2.24) is 4.98 Å². The minimum Gasteiger partial charge on any atom is -0.430 e. The number of hydrogen-bond donors (Lipinski definition) is 0. The molecule has 0 spiro atoms. The molecule has 1 aromatic carbocycles. The van der Waals surface area contributed by atoms with E-state index in [1.54, 1.807) is 6.07 Å². The van der Waals surface area contributed by atoms with Gasteiger partial charge in [0.05, 0.1) is 10.5 Å². The number of nitro groups is 1. The molecule has 0 saturated carbocycles. The van der Waals surface area contributed by atoms with E-state index in [0.29, 0.717) is 4.47 Å². The van der Waals surface area contributed by atoms with E-state index in [1.807, 2.05) is 6.07 Å². The minimum absolute atomic E-state index is 0.00668. The summed E-state index contributed by atoms with van der Waals surface area (Å²) in [6.07, 6.45) is 1.34. The van der Waals surface area contributed by atoms with E-state index in [4.69, 9.17) is 21.6 Å². The second-order valence-corrected chi connectivity index (χ2v) is 4.85. The molecule has 0 fully saturated rings. The fraction of sp³-hybridized carbons (Fsp3) is 0. The molecule has 0 bridgehead atoms. The lowest BCUT2D eigenvalue weighted by atomic mass is 10.3. The van der Waals surface area contributed by atoms with Crippen molar-refractivity contribution in [3.63, 3.8) is 0 Å².